The van der Waals surface area contributed by atoms with Gasteiger partial charge in [-0.3, -0.25) is 9.78 Å². The number of amides is 1. The van der Waals surface area contributed by atoms with E-state index in [1.165, 1.54) is 11.0 Å². The van der Waals surface area contributed by atoms with E-state index in [0.29, 0.717) is 27.5 Å². The summed E-state index contributed by atoms with van der Waals surface area (Å²) in [4.78, 5) is 22.8. The number of likely N-dealkylation sites (N-methyl/N-ethyl adjacent to an activating group) is 1. The zero-order valence-corrected chi connectivity index (χ0v) is 19.9. The Morgan fingerprint density at radius 3 is 2.54 bits per heavy atom. The van der Waals surface area contributed by atoms with Crippen LogP contribution in [0.3, 0.4) is 0 Å². The van der Waals surface area contributed by atoms with Crippen molar-refractivity contribution in [2.24, 2.45) is 4.99 Å². The number of nitrogens with one attached hydrogen (secondary N) is 2. The molecule has 1 atom stereocenters. The van der Waals surface area contributed by atoms with Crippen LogP contribution in [0.5, 0.6) is 0 Å². The highest BCUT2D eigenvalue weighted by Gasteiger charge is 2.32. The molecule has 11 heteroatoms. The monoisotopic (exact) mass is 517 g/mol. The first-order chi connectivity index (χ1) is 16.6. The highest BCUT2D eigenvalue weighted by atomic mass is 35.5. The number of carbonyl (C=O) groups excluding carboxylic acids is 1. The summed E-state index contributed by atoms with van der Waals surface area (Å²) in [5.74, 6) is -0.347. The number of benzodiazepines with no additional fused rings is 1. The van der Waals surface area contributed by atoms with E-state index < -0.39 is 18.0 Å². The quantitative estimate of drug-likeness (QED) is 0.497. The molecule has 2 aromatic carbocycles. The van der Waals surface area contributed by atoms with Crippen LogP contribution in [0.25, 0.3) is 0 Å². The third-order valence-corrected chi connectivity index (χ3v) is 5.78. The largest absolute Gasteiger partial charge is 0.433 e. The molecule has 1 aliphatic rings. The molecule has 3 aromatic rings. The summed E-state index contributed by atoms with van der Waals surface area (Å²) >= 11 is 11.6. The standard InChI is InChI=1S/C24H19ClF3N5OS/c1-33-18-9-8-16(25)11-17(18)20(15-5-3-2-4-6-15)31-21(22(33)34)32-23(35)30-13-14-7-10-19(29-12-14)24(26,27)28/h2-12,21H,13H2,1H3,(H2,30,32,35). The molecule has 0 radical (unpaired) electrons. The summed E-state index contributed by atoms with van der Waals surface area (Å²) in [5, 5.41) is 6.40. The van der Waals surface area contributed by atoms with E-state index in [2.05, 4.69) is 20.6 Å². The van der Waals surface area contributed by atoms with Gasteiger partial charge < -0.3 is 15.5 Å². The maximum atomic E-state index is 13.2. The first kappa shape index (κ1) is 24.6. The van der Waals surface area contributed by atoms with Crippen LogP contribution in [0, 0.1) is 0 Å². The molecule has 4 rings (SSSR count). The molecule has 35 heavy (non-hydrogen) atoms. The zero-order valence-electron chi connectivity index (χ0n) is 18.3. The second kappa shape index (κ2) is 10.0. The van der Waals surface area contributed by atoms with E-state index in [1.807, 2.05) is 30.3 Å². The number of pyridine rings is 1. The maximum Gasteiger partial charge on any atom is 0.433 e. The molecule has 1 aromatic heterocycles. The summed E-state index contributed by atoms with van der Waals surface area (Å²) in [5.41, 5.74) is 2.20. The predicted molar refractivity (Wildman–Crippen MR) is 133 cm³/mol. The molecule has 6 nitrogen and oxygen atoms in total. The van der Waals surface area contributed by atoms with Gasteiger partial charge in [0.15, 0.2) is 5.11 Å². The second-order valence-electron chi connectivity index (χ2n) is 7.68. The van der Waals surface area contributed by atoms with E-state index in [0.717, 1.165) is 17.8 Å². The number of carbonyl (C=O) groups is 1. The number of halogens is 4. The number of aromatic nitrogens is 1. The molecular formula is C24H19ClF3N5OS. The van der Waals surface area contributed by atoms with Crippen molar-refractivity contribution in [3.8, 4) is 0 Å². The molecule has 2 heterocycles. The fraction of sp³-hybridized carbons (Fsp3) is 0.167. The number of aliphatic imine (C=N–C) groups is 1. The Morgan fingerprint density at radius 2 is 1.89 bits per heavy atom. The van der Waals surface area contributed by atoms with Gasteiger partial charge in [-0.25, -0.2) is 4.99 Å². The van der Waals surface area contributed by atoms with E-state index in [9.17, 15) is 18.0 Å². The smallest absolute Gasteiger partial charge is 0.359 e. The highest BCUT2D eigenvalue weighted by Crippen LogP contribution is 2.30. The van der Waals surface area contributed by atoms with Crippen LogP contribution in [0.15, 0.2) is 71.9 Å². The van der Waals surface area contributed by atoms with Gasteiger partial charge in [-0.2, -0.15) is 13.2 Å². The lowest BCUT2D eigenvalue weighted by Gasteiger charge is -2.22. The minimum Gasteiger partial charge on any atom is -0.359 e. The van der Waals surface area contributed by atoms with E-state index in [1.54, 1.807) is 25.2 Å². The lowest BCUT2D eigenvalue weighted by atomic mass is 10.0. The Kier molecular flexibility index (Phi) is 7.04. The number of thiocarbonyl (C=S) groups is 1. The van der Waals surface area contributed by atoms with Crippen molar-refractivity contribution in [2.45, 2.75) is 18.9 Å². The first-order valence-corrected chi connectivity index (χ1v) is 11.2. The molecule has 0 saturated carbocycles. The molecular weight excluding hydrogens is 499 g/mol. The fourth-order valence-electron chi connectivity index (χ4n) is 3.52. The Labute approximate surface area is 209 Å². The van der Waals surface area contributed by atoms with E-state index >= 15 is 0 Å². The van der Waals surface area contributed by atoms with E-state index in [-0.39, 0.29) is 17.6 Å². The van der Waals surface area contributed by atoms with Crippen molar-refractivity contribution in [3.05, 3.63) is 94.3 Å². The number of anilines is 1. The summed E-state index contributed by atoms with van der Waals surface area (Å²) in [6.45, 7) is 0.110. The molecule has 0 spiro atoms. The van der Waals surface area contributed by atoms with Crippen molar-refractivity contribution >= 4 is 46.2 Å². The Morgan fingerprint density at radius 1 is 1.14 bits per heavy atom. The van der Waals surface area contributed by atoms with E-state index in [4.69, 9.17) is 23.8 Å². The van der Waals surface area contributed by atoms with Crippen LogP contribution < -0.4 is 15.5 Å². The number of hydrogen-bond donors (Lipinski definition) is 2. The van der Waals surface area contributed by atoms with Crippen molar-refractivity contribution in [2.75, 3.05) is 11.9 Å². The molecule has 2 N–H and O–H groups in total. The number of fused-ring (bicyclic) bond motifs is 1. The molecule has 0 fully saturated rings. The van der Waals surface area contributed by atoms with Crippen LogP contribution >= 0.6 is 23.8 Å². The topological polar surface area (TPSA) is 69.6 Å². The third-order valence-electron chi connectivity index (χ3n) is 5.28. The second-order valence-corrected chi connectivity index (χ2v) is 8.53. The predicted octanol–water partition coefficient (Wildman–Crippen LogP) is 4.56. The zero-order chi connectivity index (χ0) is 25.2. The molecule has 1 amide bonds. The molecule has 1 unspecified atom stereocenters. The van der Waals surface area contributed by atoms with Crippen molar-refractivity contribution in [3.63, 3.8) is 0 Å². The maximum absolute atomic E-state index is 13.2. The number of nitrogens with zero attached hydrogens (tertiary/aromatic N) is 3. The lowest BCUT2D eigenvalue weighted by molar-refractivity contribution is -0.141. The normalized spacial score (nSPS) is 15.7. The minimum absolute atomic E-state index is 0.108. The van der Waals surface area contributed by atoms with Crippen LogP contribution in [0.1, 0.15) is 22.4 Å². The van der Waals surface area contributed by atoms with Crippen LogP contribution in [0.4, 0.5) is 18.9 Å². The van der Waals surface area contributed by atoms with Gasteiger partial charge in [-0.15, -0.1) is 0 Å². The van der Waals surface area contributed by atoms with Gasteiger partial charge in [0.1, 0.15) is 5.69 Å². The molecule has 0 aliphatic carbocycles. The average Bonchev–Trinajstić information content (AvgIpc) is 2.93. The minimum atomic E-state index is -4.51. The molecule has 0 bridgehead atoms. The molecule has 180 valence electrons. The van der Waals surface area contributed by atoms with Gasteiger partial charge in [0.25, 0.3) is 5.91 Å². The van der Waals surface area contributed by atoms with Gasteiger partial charge in [-0.1, -0.05) is 48.0 Å². The summed E-state index contributed by atoms with van der Waals surface area (Å²) < 4.78 is 38.1. The van der Waals surface area contributed by atoms with Crippen molar-refractivity contribution in [1.29, 1.82) is 0 Å². The van der Waals surface area contributed by atoms with Crippen molar-refractivity contribution in [1.82, 2.24) is 15.6 Å². The summed E-state index contributed by atoms with van der Waals surface area (Å²) in [6, 6.07) is 16.8. The fourth-order valence-corrected chi connectivity index (χ4v) is 3.88. The van der Waals surface area contributed by atoms with Crippen LogP contribution in [0.2, 0.25) is 5.02 Å². The number of hydrogen-bond acceptors (Lipinski definition) is 4. The Balaban J connectivity index is 1.56. The lowest BCUT2D eigenvalue weighted by Crippen LogP contribution is -2.49. The first-order valence-electron chi connectivity index (χ1n) is 10.4. The molecule has 0 saturated heterocycles. The SMILES string of the molecule is CN1C(=O)C(NC(=S)NCc2ccc(C(F)(F)F)nc2)N=C(c2ccccc2)c2cc(Cl)ccc21. The Hall–Kier alpha value is -3.50. The molecule has 1 aliphatic heterocycles. The van der Waals surface area contributed by atoms with Crippen molar-refractivity contribution < 1.29 is 18.0 Å². The van der Waals surface area contributed by atoms with Gasteiger partial charge in [0.05, 0.1) is 11.4 Å². The summed E-state index contributed by atoms with van der Waals surface area (Å²) in [6.07, 6.45) is -4.44. The van der Waals surface area contributed by atoms with Crippen LogP contribution in [-0.4, -0.2) is 34.9 Å². The average molecular weight is 518 g/mol. The third kappa shape index (κ3) is 5.60. The van der Waals surface area contributed by atoms with Gasteiger partial charge >= 0.3 is 6.18 Å². The van der Waals surface area contributed by atoms with Gasteiger partial charge in [0, 0.05) is 35.9 Å². The van der Waals surface area contributed by atoms with Gasteiger partial charge in [-0.05, 0) is 42.0 Å². The van der Waals surface area contributed by atoms with Gasteiger partial charge in [0.2, 0.25) is 6.17 Å². The number of benzene rings is 2. The number of alkyl halides is 3. The Bertz CT molecular complexity index is 1280. The van der Waals surface area contributed by atoms with Crippen LogP contribution in [-0.2, 0) is 17.5 Å². The summed E-state index contributed by atoms with van der Waals surface area (Å²) in [7, 11) is 1.64. The number of rotatable bonds is 4. The highest BCUT2D eigenvalue weighted by molar-refractivity contribution is 7.80.